The summed E-state index contributed by atoms with van der Waals surface area (Å²) in [4.78, 5) is 26.7. The van der Waals surface area contributed by atoms with Gasteiger partial charge in [-0.3, -0.25) is 9.48 Å². The van der Waals surface area contributed by atoms with E-state index in [9.17, 15) is 9.59 Å². The van der Waals surface area contributed by atoms with E-state index in [0.717, 1.165) is 22.6 Å². The molecule has 24 heavy (non-hydrogen) atoms. The van der Waals surface area contributed by atoms with Crippen LogP contribution in [0.5, 0.6) is 0 Å². The van der Waals surface area contributed by atoms with Gasteiger partial charge in [-0.05, 0) is 52.3 Å². The molecule has 130 valence electrons. The van der Waals surface area contributed by atoms with Gasteiger partial charge in [0.05, 0.1) is 18.8 Å². The van der Waals surface area contributed by atoms with E-state index in [1.807, 2.05) is 51.4 Å². The molecular formula is C17H25N5O2. The van der Waals surface area contributed by atoms with E-state index in [2.05, 4.69) is 20.7 Å². The second kappa shape index (κ2) is 7.33. The van der Waals surface area contributed by atoms with Gasteiger partial charge in [-0.15, -0.1) is 0 Å². The van der Waals surface area contributed by atoms with Gasteiger partial charge in [-0.25, -0.2) is 4.79 Å². The Balaban J connectivity index is 1.89. The van der Waals surface area contributed by atoms with Crippen LogP contribution in [0, 0.1) is 27.7 Å². The molecule has 0 aliphatic rings. The van der Waals surface area contributed by atoms with Crippen molar-refractivity contribution in [2.75, 3.05) is 0 Å². The molecule has 2 heterocycles. The summed E-state index contributed by atoms with van der Waals surface area (Å²) in [5, 5.41) is 9.98. The molecule has 2 aromatic heterocycles. The molecule has 2 aromatic rings. The number of rotatable bonds is 5. The van der Waals surface area contributed by atoms with E-state index in [1.54, 1.807) is 0 Å². The van der Waals surface area contributed by atoms with Crippen LogP contribution in [0.15, 0.2) is 16.9 Å². The zero-order valence-corrected chi connectivity index (χ0v) is 14.9. The van der Waals surface area contributed by atoms with Gasteiger partial charge in [0.15, 0.2) is 0 Å². The van der Waals surface area contributed by atoms with Gasteiger partial charge >= 0.3 is 6.03 Å². The Hall–Kier alpha value is -2.57. The number of pyridine rings is 1. The molecule has 7 nitrogen and oxygen atoms in total. The SMILES string of the molecule is Cc1cc(C)n(C[C@@H](C)NC(=O)NCc2c(C)cc(C)[nH]c2=O)n1. The molecule has 0 unspecified atom stereocenters. The fourth-order valence-electron chi connectivity index (χ4n) is 2.71. The standard InChI is InChI=1S/C17H25N5O2/c1-10-6-11(2)19-16(23)15(10)8-18-17(24)20-13(4)9-22-14(5)7-12(3)21-22/h6-7,13H,8-9H2,1-5H3,(H,19,23)(H2,18,20,24)/t13-/m1/s1. The van der Waals surface area contributed by atoms with Crippen molar-refractivity contribution in [1.82, 2.24) is 25.4 Å². The molecule has 0 fully saturated rings. The van der Waals surface area contributed by atoms with Crippen LogP contribution >= 0.6 is 0 Å². The first-order valence-corrected chi connectivity index (χ1v) is 8.01. The van der Waals surface area contributed by atoms with Crippen molar-refractivity contribution >= 4 is 6.03 Å². The molecule has 7 heteroatoms. The second-order valence-corrected chi connectivity index (χ2v) is 6.28. The fourth-order valence-corrected chi connectivity index (χ4v) is 2.71. The number of aryl methyl sites for hydroxylation is 4. The third kappa shape index (κ3) is 4.47. The number of H-pyrrole nitrogens is 1. The van der Waals surface area contributed by atoms with Crippen LogP contribution in [-0.2, 0) is 13.1 Å². The molecule has 0 spiro atoms. The fraction of sp³-hybridized carbons (Fsp3) is 0.471. The zero-order valence-electron chi connectivity index (χ0n) is 14.9. The Bertz CT molecular complexity index is 791. The smallest absolute Gasteiger partial charge is 0.315 e. The van der Waals surface area contributed by atoms with E-state index in [1.165, 1.54) is 0 Å². The highest BCUT2D eigenvalue weighted by atomic mass is 16.2. The number of amides is 2. The number of hydrogen-bond donors (Lipinski definition) is 3. The number of hydrogen-bond acceptors (Lipinski definition) is 3. The van der Waals surface area contributed by atoms with Gasteiger partial charge in [-0.1, -0.05) is 0 Å². The first-order chi connectivity index (χ1) is 11.3. The highest BCUT2D eigenvalue weighted by molar-refractivity contribution is 5.74. The molecule has 0 aromatic carbocycles. The third-order valence-corrected chi connectivity index (χ3v) is 3.85. The van der Waals surface area contributed by atoms with Gasteiger partial charge < -0.3 is 15.6 Å². The molecule has 2 amide bonds. The molecule has 1 atom stereocenters. The topological polar surface area (TPSA) is 91.8 Å². The molecular weight excluding hydrogens is 306 g/mol. The summed E-state index contributed by atoms with van der Waals surface area (Å²) in [6, 6.07) is 3.50. The van der Waals surface area contributed by atoms with Crippen molar-refractivity contribution in [2.45, 2.75) is 53.8 Å². The normalized spacial score (nSPS) is 12.0. The molecule has 0 radical (unpaired) electrons. The summed E-state index contributed by atoms with van der Waals surface area (Å²) in [7, 11) is 0. The first kappa shape index (κ1) is 17.8. The average molecular weight is 331 g/mol. The Morgan fingerprint density at radius 3 is 2.58 bits per heavy atom. The number of aromatic nitrogens is 3. The highest BCUT2D eigenvalue weighted by Gasteiger charge is 2.11. The van der Waals surface area contributed by atoms with E-state index in [-0.39, 0.29) is 24.2 Å². The second-order valence-electron chi connectivity index (χ2n) is 6.28. The van der Waals surface area contributed by atoms with Crippen molar-refractivity contribution in [3.05, 3.63) is 50.7 Å². The van der Waals surface area contributed by atoms with Crippen molar-refractivity contribution in [1.29, 1.82) is 0 Å². The van der Waals surface area contributed by atoms with Crippen LogP contribution in [-0.4, -0.2) is 26.8 Å². The van der Waals surface area contributed by atoms with Crippen molar-refractivity contribution in [3.63, 3.8) is 0 Å². The van der Waals surface area contributed by atoms with Gasteiger partial charge in [0.2, 0.25) is 0 Å². The van der Waals surface area contributed by atoms with Gasteiger partial charge in [0.1, 0.15) is 0 Å². The number of aromatic amines is 1. The van der Waals surface area contributed by atoms with Gasteiger partial charge in [0, 0.05) is 23.0 Å². The molecule has 3 N–H and O–H groups in total. The summed E-state index contributed by atoms with van der Waals surface area (Å²) >= 11 is 0. The molecule has 2 rings (SSSR count). The minimum atomic E-state index is -0.302. The van der Waals surface area contributed by atoms with Crippen molar-refractivity contribution in [2.24, 2.45) is 0 Å². The summed E-state index contributed by atoms with van der Waals surface area (Å²) in [6.07, 6.45) is 0. The van der Waals surface area contributed by atoms with E-state index >= 15 is 0 Å². The quantitative estimate of drug-likeness (QED) is 0.778. The number of urea groups is 1. The van der Waals surface area contributed by atoms with Crippen LogP contribution in [0.4, 0.5) is 4.79 Å². The summed E-state index contributed by atoms with van der Waals surface area (Å²) in [5.41, 5.74) is 4.10. The minimum absolute atomic E-state index is 0.0830. The predicted octanol–water partition coefficient (Wildman–Crippen LogP) is 1.69. The predicted molar refractivity (Wildman–Crippen MR) is 93.1 cm³/mol. The monoisotopic (exact) mass is 331 g/mol. The maximum Gasteiger partial charge on any atom is 0.315 e. The maximum atomic E-state index is 12.0. The Labute approximate surface area is 141 Å². The number of carbonyl (C=O) groups excluding carboxylic acids is 1. The molecule has 0 aliphatic carbocycles. The molecule has 0 aliphatic heterocycles. The van der Waals surface area contributed by atoms with E-state index in [4.69, 9.17) is 0 Å². The lowest BCUT2D eigenvalue weighted by molar-refractivity contribution is 0.235. The molecule has 0 bridgehead atoms. The molecule has 0 saturated heterocycles. The highest BCUT2D eigenvalue weighted by Crippen LogP contribution is 2.04. The summed E-state index contributed by atoms with van der Waals surface area (Å²) < 4.78 is 1.87. The van der Waals surface area contributed by atoms with Crippen LogP contribution in [0.25, 0.3) is 0 Å². The van der Waals surface area contributed by atoms with Gasteiger partial charge in [-0.2, -0.15) is 5.10 Å². The molecule has 0 saturated carbocycles. The van der Waals surface area contributed by atoms with E-state index < -0.39 is 0 Å². The minimum Gasteiger partial charge on any atom is -0.334 e. The Kier molecular flexibility index (Phi) is 5.43. The van der Waals surface area contributed by atoms with E-state index in [0.29, 0.717) is 12.1 Å². The summed E-state index contributed by atoms with van der Waals surface area (Å²) in [6.45, 7) is 10.3. The number of nitrogens with one attached hydrogen (secondary N) is 3. The number of carbonyl (C=O) groups is 1. The van der Waals surface area contributed by atoms with Crippen LogP contribution in [0.2, 0.25) is 0 Å². The largest absolute Gasteiger partial charge is 0.334 e. The Morgan fingerprint density at radius 2 is 2.00 bits per heavy atom. The summed E-state index contributed by atoms with van der Waals surface area (Å²) in [5.74, 6) is 0. The maximum absolute atomic E-state index is 12.0. The third-order valence-electron chi connectivity index (χ3n) is 3.85. The van der Waals surface area contributed by atoms with Crippen molar-refractivity contribution < 1.29 is 4.79 Å². The van der Waals surface area contributed by atoms with Crippen LogP contribution in [0.3, 0.4) is 0 Å². The van der Waals surface area contributed by atoms with Crippen LogP contribution in [0.1, 0.15) is 35.1 Å². The lowest BCUT2D eigenvalue weighted by Gasteiger charge is -2.16. The zero-order chi connectivity index (χ0) is 17.9. The number of nitrogens with zero attached hydrogens (tertiary/aromatic N) is 2. The lowest BCUT2D eigenvalue weighted by atomic mass is 10.1. The lowest BCUT2D eigenvalue weighted by Crippen LogP contribution is -2.43. The first-order valence-electron chi connectivity index (χ1n) is 8.01. The Morgan fingerprint density at radius 1 is 1.29 bits per heavy atom. The van der Waals surface area contributed by atoms with Crippen molar-refractivity contribution in [3.8, 4) is 0 Å². The van der Waals surface area contributed by atoms with Gasteiger partial charge in [0.25, 0.3) is 5.56 Å². The van der Waals surface area contributed by atoms with Crippen LogP contribution < -0.4 is 16.2 Å². The average Bonchev–Trinajstić information content (AvgIpc) is 2.75.